The zero-order valence-corrected chi connectivity index (χ0v) is 13.7. The molecule has 2 N–H and O–H groups in total. The first kappa shape index (κ1) is 15.9. The second-order valence-corrected chi connectivity index (χ2v) is 6.51. The highest BCUT2D eigenvalue weighted by atomic mass is 32.2. The number of thioether (sulfide) groups is 1. The van der Waals surface area contributed by atoms with E-state index >= 15 is 0 Å². The summed E-state index contributed by atoms with van der Waals surface area (Å²) in [4.78, 5) is 1.27. The number of methoxy groups -OCH3 is 1. The van der Waals surface area contributed by atoms with Crippen molar-refractivity contribution < 1.29 is 4.74 Å². The average molecular weight is 301 g/mol. The highest BCUT2D eigenvalue weighted by Crippen LogP contribution is 2.26. The van der Waals surface area contributed by atoms with Gasteiger partial charge in [0.25, 0.3) is 0 Å². The van der Waals surface area contributed by atoms with Crippen LogP contribution in [0, 0.1) is 0 Å². The molecule has 0 bridgehead atoms. The number of rotatable bonds is 6. The third kappa shape index (κ3) is 4.51. The smallest absolute Gasteiger partial charge is 0.118 e. The van der Waals surface area contributed by atoms with Crippen molar-refractivity contribution in [3.63, 3.8) is 0 Å². The number of hydrogen-bond acceptors (Lipinski definition) is 3. The van der Waals surface area contributed by atoms with Gasteiger partial charge in [-0.25, -0.2) is 0 Å². The fourth-order valence-corrected chi connectivity index (χ4v) is 2.98. The highest BCUT2D eigenvalue weighted by Gasteiger charge is 2.07. The van der Waals surface area contributed by atoms with Gasteiger partial charge in [-0.05, 0) is 41.3 Å². The molecule has 0 radical (unpaired) electrons. The van der Waals surface area contributed by atoms with E-state index in [-0.39, 0.29) is 6.04 Å². The largest absolute Gasteiger partial charge is 0.497 e. The Morgan fingerprint density at radius 1 is 0.952 bits per heavy atom. The van der Waals surface area contributed by atoms with E-state index in [2.05, 4.69) is 38.1 Å². The van der Waals surface area contributed by atoms with Crippen molar-refractivity contribution in [1.29, 1.82) is 0 Å². The van der Waals surface area contributed by atoms with E-state index in [1.165, 1.54) is 10.5 Å². The molecule has 0 amide bonds. The van der Waals surface area contributed by atoms with Crippen LogP contribution in [0.3, 0.4) is 0 Å². The minimum Gasteiger partial charge on any atom is -0.497 e. The Morgan fingerprint density at radius 2 is 1.52 bits per heavy atom. The van der Waals surface area contributed by atoms with Crippen LogP contribution in [-0.2, 0) is 0 Å². The van der Waals surface area contributed by atoms with Gasteiger partial charge in [0.2, 0.25) is 0 Å². The second-order valence-electron chi connectivity index (χ2n) is 5.41. The van der Waals surface area contributed by atoms with Gasteiger partial charge in [-0.2, -0.15) is 0 Å². The van der Waals surface area contributed by atoms with Crippen molar-refractivity contribution in [2.24, 2.45) is 5.73 Å². The standard InChI is InChI=1S/C18H23NOS/c1-13(2)14-6-10-17(11-7-14)21-12-18(19)15-4-8-16(20-3)9-5-15/h4-11,13,18H,12,19H2,1-3H3. The molecule has 0 aromatic heterocycles. The summed E-state index contributed by atoms with van der Waals surface area (Å²) in [5, 5.41) is 0. The van der Waals surface area contributed by atoms with Crippen LogP contribution in [0.5, 0.6) is 5.75 Å². The van der Waals surface area contributed by atoms with Gasteiger partial charge in [0.15, 0.2) is 0 Å². The molecule has 0 heterocycles. The van der Waals surface area contributed by atoms with Crippen LogP contribution in [0.15, 0.2) is 53.4 Å². The maximum absolute atomic E-state index is 6.25. The quantitative estimate of drug-likeness (QED) is 0.791. The fraction of sp³-hybridized carbons (Fsp3) is 0.333. The zero-order chi connectivity index (χ0) is 15.2. The van der Waals surface area contributed by atoms with Gasteiger partial charge in [0, 0.05) is 16.7 Å². The predicted molar refractivity (Wildman–Crippen MR) is 91.2 cm³/mol. The highest BCUT2D eigenvalue weighted by molar-refractivity contribution is 7.99. The Morgan fingerprint density at radius 3 is 2.05 bits per heavy atom. The average Bonchev–Trinajstić information content (AvgIpc) is 2.53. The third-order valence-corrected chi connectivity index (χ3v) is 4.65. The van der Waals surface area contributed by atoms with E-state index in [9.17, 15) is 0 Å². The number of ether oxygens (including phenoxy) is 1. The minimum absolute atomic E-state index is 0.0330. The molecule has 2 aromatic rings. The summed E-state index contributed by atoms with van der Waals surface area (Å²) in [6, 6.07) is 16.8. The predicted octanol–water partition coefficient (Wildman–Crippen LogP) is 4.61. The maximum atomic E-state index is 6.25. The van der Waals surface area contributed by atoms with E-state index < -0.39 is 0 Å². The Labute approximate surface area is 131 Å². The van der Waals surface area contributed by atoms with Gasteiger partial charge in [0.1, 0.15) is 5.75 Å². The molecular formula is C18H23NOS. The van der Waals surface area contributed by atoms with Crippen molar-refractivity contribution in [1.82, 2.24) is 0 Å². The molecule has 1 unspecified atom stereocenters. The van der Waals surface area contributed by atoms with Crippen LogP contribution in [0.1, 0.15) is 36.9 Å². The van der Waals surface area contributed by atoms with Crippen molar-refractivity contribution >= 4 is 11.8 Å². The summed E-state index contributed by atoms with van der Waals surface area (Å²) < 4.78 is 5.16. The third-order valence-electron chi connectivity index (χ3n) is 3.52. The van der Waals surface area contributed by atoms with Gasteiger partial charge < -0.3 is 10.5 Å². The molecular weight excluding hydrogens is 278 g/mol. The Balaban J connectivity index is 1.92. The molecule has 2 aromatic carbocycles. The molecule has 0 fully saturated rings. The van der Waals surface area contributed by atoms with Crippen molar-refractivity contribution in [3.05, 3.63) is 59.7 Å². The monoisotopic (exact) mass is 301 g/mol. The van der Waals surface area contributed by atoms with Gasteiger partial charge in [-0.3, -0.25) is 0 Å². The normalized spacial score (nSPS) is 12.4. The van der Waals surface area contributed by atoms with Crippen LogP contribution in [0.25, 0.3) is 0 Å². The number of benzene rings is 2. The molecule has 0 aliphatic carbocycles. The Kier molecular flexibility index (Phi) is 5.71. The fourth-order valence-electron chi connectivity index (χ4n) is 2.08. The van der Waals surface area contributed by atoms with E-state index in [1.54, 1.807) is 18.9 Å². The first-order chi connectivity index (χ1) is 10.1. The first-order valence-corrected chi connectivity index (χ1v) is 8.21. The topological polar surface area (TPSA) is 35.2 Å². The molecule has 0 aliphatic heterocycles. The zero-order valence-electron chi connectivity index (χ0n) is 12.9. The first-order valence-electron chi connectivity index (χ1n) is 7.22. The van der Waals surface area contributed by atoms with Crippen LogP contribution in [-0.4, -0.2) is 12.9 Å². The lowest BCUT2D eigenvalue weighted by Gasteiger charge is -2.13. The summed E-state index contributed by atoms with van der Waals surface area (Å²) in [6.45, 7) is 4.42. The molecule has 1 atom stereocenters. The Hall–Kier alpha value is -1.45. The lowest BCUT2D eigenvalue weighted by atomic mass is 10.0. The van der Waals surface area contributed by atoms with Gasteiger partial charge in [-0.1, -0.05) is 38.1 Å². The van der Waals surface area contributed by atoms with Crippen molar-refractivity contribution in [3.8, 4) is 5.75 Å². The summed E-state index contributed by atoms with van der Waals surface area (Å²) in [7, 11) is 1.67. The van der Waals surface area contributed by atoms with Gasteiger partial charge in [0.05, 0.1) is 7.11 Å². The molecule has 21 heavy (non-hydrogen) atoms. The lowest BCUT2D eigenvalue weighted by molar-refractivity contribution is 0.414. The summed E-state index contributed by atoms with van der Waals surface area (Å²) >= 11 is 1.80. The lowest BCUT2D eigenvalue weighted by Crippen LogP contribution is -2.12. The van der Waals surface area contributed by atoms with E-state index in [0.717, 1.165) is 17.1 Å². The summed E-state index contributed by atoms with van der Waals surface area (Å²) in [5.41, 5.74) is 8.77. The van der Waals surface area contributed by atoms with E-state index in [4.69, 9.17) is 10.5 Å². The second kappa shape index (κ2) is 7.53. The molecule has 112 valence electrons. The van der Waals surface area contributed by atoms with E-state index in [0.29, 0.717) is 5.92 Å². The molecule has 2 nitrogen and oxygen atoms in total. The van der Waals surface area contributed by atoms with E-state index in [1.807, 2.05) is 24.3 Å². The van der Waals surface area contributed by atoms with Crippen LogP contribution in [0.4, 0.5) is 0 Å². The van der Waals surface area contributed by atoms with Crippen molar-refractivity contribution in [2.75, 3.05) is 12.9 Å². The van der Waals surface area contributed by atoms with Gasteiger partial charge >= 0.3 is 0 Å². The molecule has 0 saturated heterocycles. The SMILES string of the molecule is COc1ccc(C(N)CSc2ccc(C(C)C)cc2)cc1. The molecule has 0 saturated carbocycles. The molecule has 3 heteroatoms. The number of nitrogens with two attached hydrogens (primary N) is 1. The van der Waals surface area contributed by atoms with Crippen LogP contribution < -0.4 is 10.5 Å². The van der Waals surface area contributed by atoms with Crippen LogP contribution in [0.2, 0.25) is 0 Å². The molecule has 0 spiro atoms. The minimum atomic E-state index is 0.0330. The Bertz CT molecular complexity index is 548. The van der Waals surface area contributed by atoms with Crippen LogP contribution >= 0.6 is 11.8 Å². The molecule has 0 aliphatic rings. The summed E-state index contributed by atoms with van der Waals surface area (Å²) in [6.07, 6.45) is 0. The molecule has 2 rings (SSSR count). The summed E-state index contributed by atoms with van der Waals surface area (Å²) in [5.74, 6) is 2.31. The maximum Gasteiger partial charge on any atom is 0.118 e. The number of hydrogen-bond donors (Lipinski definition) is 1. The van der Waals surface area contributed by atoms with Gasteiger partial charge in [-0.15, -0.1) is 11.8 Å². The van der Waals surface area contributed by atoms with Crippen molar-refractivity contribution in [2.45, 2.75) is 30.7 Å².